The molecule has 0 aliphatic carbocycles. The first-order valence-electron chi connectivity index (χ1n) is 8.22. The minimum Gasteiger partial charge on any atom is -0.478 e. The van der Waals surface area contributed by atoms with Crippen LogP contribution in [0.1, 0.15) is 21.6 Å². The van der Waals surface area contributed by atoms with Crippen molar-refractivity contribution < 1.29 is 15.1 Å². The third-order valence-corrected chi connectivity index (χ3v) is 5.05. The van der Waals surface area contributed by atoms with Gasteiger partial charge in [-0.2, -0.15) is 0 Å². The van der Waals surface area contributed by atoms with E-state index in [-0.39, 0.29) is 5.56 Å². The van der Waals surface area contributed by atoms with E-state index >= 15 is 0 Å². The van der Waals surface area contributed by atoms with Crippen molar-refractivity contribution in [2.45, 2.75) is 17.8 Å². The van der Waals surface area contributed by atoms with Gasteiger partial charge in [0.05, 0.1) is 16.9 Å². The average Bonchev–Trinajstić information content (AvgIpc) is 2.66. The second kappa shape index (κ2) is 8.92. The molecular formula is C19H17ClN4O3S. The fourth-order valence-electron chi connectivity index (χ4n) is 2.47. The molecule has 0 bridgehead atoms. The maximum absolute atomic E-state index is 11.5. The van der Waals surface area contributed by atoms with Crippen LogP contribution in [-0.4, -0.2) is 26.3 Å². The standard InChI is InChI=1S/C19H17ClN4O3S/c1-11-8-17(22-16-9-13(24-27)6-7-14(16)18(25)26)23-19(21-11)28-10-12-4-2-3-5-15(12)20/h2-9,24,27H,10H2,1H3,(H,25,26)(H,21,22,23). The van der Waals surface area contributed by atoms with E-state index in [2.05, 4.69) is 15.3 Å². The van der Waals surface area contributed by atoms with E-state index in [1.165, 1.54) is 30.0 Å². The van der Waals surface area contributed by atoms with Crippen LogP contribution in [-0.2, 0) is 5.75 Å². The molecule has 144 valence electrons. The van der Waals surface area contributed by atoms with Crippen LogP contribution in [0.4, 0.5) is 17.2 Å². The maximum atomic E-state index is 11.5. The van der Waals surface area contributed by atoms with E-state index in [0.717, 1.165) is 11.3 Å². The summed E-state index contributed by atoms with van der Waals surface area (Å²) >= 11 is 7.62. The Labute approximate surface area is 170 Å². The lowest BCUT2D eigenvalue weighted by Crippen LogP contribution is -2.05. The van der Waals surface area contributed by atoms with Gasteiger partial charge in [0.25, 0.3) is 0 Å². The van der Waals surface area contributed by atoms with Gasteiger partial charge >= 0.3 is 5.97 Å². The third kappa shape index (κ3) is 4.92. The summed E-state index contributed by atoms with van der Waals surface area (Å²) in [6.45, 7) is 1.83. The monoisotopic (exact) mass is 416 g/mol. The largest absolute Gasteiger partial charge is 0.478 e. The Bertz CT molecular complexity index is 1020. The summed E-state index contributed by atoms with van der Waals surface area (Å²) < 4.78 is 0. The number of carbonyl (C=O) groups is 1. The summed E-state index contributed by atoms with van der Waals surface area (Å²) in [7, 11) is 0. The lowest BCUT2D eigenvalue weighted by atomic mass is 10.1. The number of carboxylic acid groups (broad SMARTS) is 1. The minimum absolute atomic E-state index is 0.0561. The number of hydrogen-bond donors (Lipinski definition) is 4. The fourth-order valence-corrected chi connectivity index (χ4v) is 3.66. The molecule has 0 spiro atoms. The molecule has 0 amide bonds. The molecule has 0 saturated heterocycles. The number of nitrogens with one attached hydrogen (secondary N) is 2. The normalized spacial score (nSPS) is 10.5. The first-order chi connectivity index (χ1) is 13.5. The molecule has 3 aromatic rings. The number of rotatable bonds is 7. The number of benzene rings is 2. The Morgan fingerprint density at radius 3 is 2.68 bits per heavy atom. The van der Waals surface area contributed by atoms with Gasteiger partial charge < -0.3 is 10.4 Å². The van der Waals surface area contributed by atoms with E-state index in [4.69, 9.17) is 16.8 Å². The molecule has 0 fully saturated rings. The number of carboxylic acids is 1. The second-order valence-corrected chi connectivity index (χ2v) is 7.21. The quantitative estimate of drug-likeness (QED) is 0.243. The van der Waals surface area contributed by atoms with Gasteiger partial charge in [0.15, 0.2) is 5.16 Å². The molecule has 7 nitrogen and oxygen atoms in total. The smallest absolute Gasteiger partial charge is 0.337 e. The summed E-state index contributed by atoms with van der Waals surface area (Å²) in [6.07, 6.45) is 0. The maximum Gasteiger partial charge on any atom is 0.337 e. The van der Waals surface area contributed by atoms with Crippen LogP contribution >= 0.6 is 23.4 Å². The summed E-state index contributed by atoms with van der Waals surface area (Å²) in [5, 5.41) is 22.7. The molecule has 0 saturated carbocycles. The fraction of sp³-hybridized carbons (Fsp3) is 0.105. The SMILES string of the molecule is Cc1cc(Nc2cc(NO)ccc2C(=O)O)nc(SCc2ccccc2Cl)n1. The number of aromatic nitrogens is 2. The molecule has 28 heavy (non-hydrogen) atoms. The molecule has 1 aromatic heterocycles. The summed E-state index contributed by atoms with van der Waals surface area (Å²) in [4.78, 5) is 20.3. The van der Waals surface area contributed by atoms with Gasteiger partial charge in [0, 0.05) is 22.5 Å². The molecule has 9 heteroatoms. The van der Waals surface area contributed by atoms with Gasteiger partial charge in [-0.05, 0) is 36.8 Å². The average molecular weight is 417 g/mol. The van der Waals surface area contributed by atoms with Crippen molar-refractivity contribution in [3.63, 3.8) is 0 Å². The van der Waals surface area contributed by atoms with Crippen LogP contribution in [0.3, 0.4) is 0 Å². The zero-order valence-electron chi connectivity index (χ0n) is 14.8. The van der Waals surface area contributed by atoms with Crippen molar-refractivity contribution in [1.29, 1.82) is 0 Å². The van der Waals surface area contributed by atoms with Crippen molar-refractivity contribution in [3.05, 3.63) is 70.4 Å². The number of hydrogen-bond acceptors (Lipinski definition) is 7. The highest BCUT2D eigenvalue weighted by molar-refractivity contribution is 7.98. The molecule has 0 aliphatic rings. The Hall–Kier alpha value is -2.81. The van der Waals surface area contributed by atoms with Crippen molar-refractivity contribution >= 4 is 46.5 Å². The van der Waals surface area contributed by atoms with Gasteiger partial charge in [-0.25, -0.2) is 14.8 Å². The van der Waals surface area contributed by atoms with Gasteiger partial charge in [-0.1, -0.05) is 41.6 Å². The van der Waals surface area contributed by atoms with Crippen LogP contribution in [0.5, 0.6) is 0 Å². The molecule has 3 rings (SSSR count). The molecule has 0 radical (unpaired) electrons. The Balaban J connectivity index is 1.84. The number of aromatic carboxylic acids is 1. The topological polar surface area (TPSA) is 107 Å². The number of nitrogens with zero attached hydrogens (tertiary/aromatic N) is 2. The van der Waals surface area contributed by atoms with Crippen LogP contribution in [0.25, 0.3) is 0 Å². The second-order valence-electron chi connectivity index (χ2n) is 5.86. The molecule has 0 unspecified atom stereocenters. The Kier molecular flexibility index (Phi) is 6.35. The van der Waals surface area contributed by atoms with Crippen LogP contribution in [0, 0.1) is 6.92 Å². The van der Waals surface area contributed by atoms with E-state index in [1.807, 2.05) is 36.7 Å². The van der Waals surface area contributed by atoms with Gasteiger partial charge in [0.1, 0.15) is 5.82 Å². The van der Waals surface area contributed by atoms with Crippen LogP contribution in [0.2, 0.25) is 5.02 Å². The van der Waals surface area contributed by atoms with E-state index in [1.54, 1.807) is 6.07 Å². The highest BCUT2D eigenvalue weighted by atomic mass is 35.5. The number of thioether (sulfide) groups is 1. The zero-order valence-corrected chi connectivity index (χ0v) is 16.4. The number of anilines is 3. The van der Waals surface area contributed by atoms with E-state index in [9.17, 15) is 9.90 Å². The molecule has 0 atom stereocenters. The molecule has 0 aliphatic heterocycles. The van der Waals surface area contributed by atoms with E-state index < -0.39 is 5.97 Å². The van der Waals surface area contributed by atoms with Crippen LogP contribution in [0.15, 0.2) is 53.7 Å². The predicted octanol–water partition coefficient (Wildman–Crippen LogP) is 4.97. The number of halogens is 1. The first-order valence-corrected chi connectivity index (χ1v) is 9.59. The third-order valence-electron chi connectivity index (χ3n) is 3.79. The Morgan fingerprint density at radius 1 is 1.18 bits per heavy atom. The van der Waals surface area contributed by atoms with Crippen LogP contribution < -0.4 is 10.8 Å². The van der Waals surface area contributed by atoms with Gasteiger partial charge in [-0.3, -0.25) is 10.7 Å². The van der Waals surface area contributed by atoms with Crippen molar-refractivity contribution in [3.8, 4) is 0 Å². The highest BCUT2D eigenvalue weighted by Gasteiger charge is 2.13. The van der Waals surface area contributed by atoms with Crippen molar-refractivity contribution in [2.75, 3.05) is 10.8 Å². The lowest BCUT2D eigenvalue weighted by molar-refractivity contribution is 0.0698. The van der Waals surface area contributed by atoms with Gasteiger partial charge in [-0.15, -0.1) is 0 Å². The van der Waals surface area contributed by atoms with E-state index in [0.29, 0.717) is 33.1 Å². The predicted molar refractivity (Wildman–Crippen MR) is 110 cm³/mol. The minimum atomic E-state index is -1.09. The summed E-state index contributed by atoms with van der Waals surface area (Å²) in [6, 6.07) is 13.6. The van der Waals surface area contributed by atoms with Crippen molar-refractivity contribution in [2.24, 2.45) is 0 Å². The van der Waals surface area contributed by atoms with Crippen molar-refractivity contribution in [1.82, 2.24) is 9.97 Å². The zero-order chi connectivity index (χ0) is 20.1. The van der Waals surface area contributed by atoms with Gasteiger partial charge in [0.2, 0.25) is 0 Å². The molecule has 2 aromatic carbocycles. The number of aryl methyl sites for hydroxylation is 1. The summed E-state index contributed by atoms with van der Waals surface area (Å²) in [5.41, 5.74) is 4.42. The lowest BCUT2D eigenvalue weighted by Gasteiger charge is -2.12. The molecule has 4 N–H and O–H groups in total. The molecule has 1 heterocycles. The Morgan fingerprint density at radius 2 is 1.96 bits per heavy atom. The summed E-state index contributed by atoms with van der Waals surface area (Å²) in [5.74, 6) is -0.0369. The highest BCUT2D eigenvalue weighted by Crippen LogP contribution is 2.28. The molecular weight excluding hydrogens is 400 g/mol. The first kappa shape index (κ1) is 19.9.